The van der Waals surface area contributed by atoms with E-state index in [-0.39, 0.29) is 43.9 Å². The largest absolute Gasteiger partial charge is 0.472 e. The highest BCUT2D eigenvalue weighted by molar-refractivity contribution is 5.91. The van der Waals surface area contributed by atoms with Crippen LogP contribution in [0.4, 0.5) is 0 Å². The second-order valence-corrected chi connectivity index (χ2v) is 10.9. The number of hydrogen-bond acceptors (Lipinski definition) is 10. The Kier molecular flexibility index (Phi) is 8.08. The molecule has 1 aliphatic heterocycles. The molecule has 37 heavy (non-hydrogen) atoms. The minimum atomic E-state index is -0.974. The van der Waals surface area contributed by atoms with E-state index in [0.717, 1.165) is 5.56 Å². The van der Waals surface area contributed by atoms with Gasteiger partial charge in [-0.3, -0.25) is 14.4 Å². The zero-order valence-corrected chi connectivity index (χ0v) is 21.9. The van der Waals surface area contributed by atoms with Gasteiger partial charge in [-0.2, -0.15) is 0 Å². The third kappa shape index (κ3) is 5.31. The Morgan fingerprint density at radius 1 is 1.16 bits per heavy atom. The summed E-state index contributed by atoms with van der Waals surface area (Å²) >= 11 is 0. The number of cyclic esters (lactones) is 1. The lowest BCUT2D eigenvalue weighted by Gasteiger charge is -2.61. The molecule has 1 aromatic rings. The van der Waals surface area contributed by atoms with E-state index in [9.17, 15) is 19.2 Å². The average molecular weight is 521 g/mol. The normalized spacial score (nSPS) is 35.2. The third-order valence-corrected chi connectivity index (χ3v) is 8.61. The summed E-state index contributed by atoms with van der Waals surface area (Å²) in [6, 6.07) is 1.75. The van der Waals surface area contributed by atoms with E-state index >= 15 is 0 Å². The number of fused-ring (bicyclic) bond motifs is 3. The first-order valence-corrected chi connectivity index (χ1v) is 12.8. The molecule has 7 atom stereocenters. The molecule has 2 saturated carbocycles. The second-order valence-electron chi connectivity index (χ2n) is 10.9. The van der Waals surface area contributed by atoms with Gasteiger partial charge in [0.2, 0.25) is 0 Å². The molecule has 0 bridgehead atoms. The van der Waals surface area contributed by atoms with Crippen LogP contribution in [0.1, 0.15) is 58.1 Å². The summed E-state index contributed by atoms with van der Waals surface area (Å²) in [5.74, 6) is -2.91. The standard InChI is InChI=1S/C27H36O10/c1-16(28)36-20-11-18(14-35-22(29)15-34-10-9-32-4)26(2)7-5-19-25(31)37-21(17-6-8-33-13-17)12-27(19,3)24(26)23(20)30/h6,8,13,18-21,24H,5,7,9-12,14-15H2,1-4H3/t18-,19-,20-,21-,24-,26-,27-/m0/s1. The van der Waals surface area contributed by atoms with Crippen LogP contribution in [0.5, 0.6) is 0 Å². The van der Waals surface area contributed by atoms with Crippen molar-refractivity contribution in [3.8, 4) is 0 Å². The van der Waals surface area contributed by atoms with Crippen molar-refractivity contribution in [2.24, 2.45) is 28.6 Å². The van der Waals surface area contributed by atoms with E-state index < -0.39 is 46.8 Å². The molecule has 3 aliphatic rings. The number of esters is 3. The number of ether oxygens (including phenoxy) is 5. The molecular weight excluding hydrogens is 484 g/mol. The molecule has 1 aromatic heterocycles. The van der Waals surface area contributed by atoms with E-state index in [1.165, 1.54) is 13.2 Å². The number of methoxy groups -OCH3 is 1. The van der Waals surface area contributed by atoms with Gasteiger partial charge in [-0.1, -0.05) is 13.8 Å². The SMILES string of the molecule is COCCOCC(=O)OC[C@@H]1C[C@H](OC(C)=O)C(=O)[C@H]2[C@@]1(C)CC[C@H]1C(=O)O[C@H](c3ccoc3)C[C@]21C. The van der Waals surface area contributed by atoms with Crippen molar-refractivity contribution < 1.29 is 47.3 Å². The van der Waals surface area contributed by atoms with Crippen LogP contribution in [0.2, 0.25) is 0 Å². The van der Waals surface area contributed by atoms with E-state index in [1.54, 1.807) is 19.4 Å². The number of carbonyl (C=O) groups excluding carboxylic acids is 4. The lowest BCUT2D eigenvalue weighted by molar-refractivity contribution is -0.210. The van der Waals surface area contributed by atoms with E-state index in [2.05, 4.69) is 0 Å². The van der Waals surface area contributed by atoms with Gasteiger partial charge in [-0.05, 0) is 42.6 Å². The van der Waals surface area contributed by atoms with E-state index in [0.29, 0.717) is 25.9 Å². The predicted molar refractivity (Wildman–Crippen MR) is 127 cm³/mol. The molecular formula is C27H36O10. The maximum Gasteiger partial charge on any atom is 0.332 e. The number of ketones is 1. The van der Waals surface area contributed by atoms with Crippen LogP contribution >= 0.6 is 0 Å². The topological polar surface area (TPSA) is 128 Å². The van der Waals surface area contributed by atoms with Crippen LogP contribution in [0.25, 0.3) is 0 Å². The summed E-state index contributed by atoms with van der Waals surface area (Å²) < 4.78 is 32.2. The smallest absolute Gasteiger partial charge is 0.332 e. The lowest BCUT2D eigenvalue weighted by Crippen LogP contribution is -2.64. The Hall–Kier alpha value is -2.72. The van der Waals surface area contributed by atoms with Crippen LogP contribution in [0.3, 0.4) is 0 Å². The van der Waals surface area contributed by atoms with Crippen LogP contribution in [0, 0.1) is 28.6 Å². The van der Waals surface area contributed by atoms with Gasteiger partial charge in [0.15, 0.2) is 11.9 Å². The molecule has 0 radical (unpaired) electrons. The van der Waals surface area contributed by atoms with Crippen molar-refractivity contribution in [3.05, 3.63) is 24.2 Å². The average Bonchev–Trinajstić information content (AvgIpc) is 3.37. The molecule has 0 amide bonds. The highest BCUT2D eigenvalue weighted by Crippen LogP contribution is 2.65. The molecule has 2 heterocycles. The number of carbonyl (C=O) groups is 4. The summed E-state index contributed by atoms with van der Waals surface area (Å²) in [6.07, 6.45) is 3.36. The van der Waals surface area contributed by atoms with E-state index in [4.69, 9.17) is 28.1 Å². The van der Waals surface area contributed by atoms with Gasteiger partial charge < -0.3 is 28.1 Å². The fourth-order valence-corrected chi connectivity index (χ4v) is 6.86. The zero-order chi connectivity index (χ0) is 26.8. The molecule has 10 heteroatoms. The summed E-state index contributed by atoms with van der Waals surface area (Å²) in [5.41, 5.74) is -0.584. The van der Waals surface area contributed by atoms with Crippen LogP contribution < -0.4 is 0 Å². The fourth-order valence-electron chi connectivity index (χ4n) is 6.86. The Morgan fingerprint density at radius 3 is 2.62 bits per heavy atom. The summed E-state index contributed by atoms with van der Waals surface area (Å²) in [5, 5.41) is 0. The molecule has 4 rings (SSSR count). The number of hydrogen-bond donors (Lipinski definition) is 0. The van der Waals surface area contributed by atoms with Gasteiger partial charge in [0.25, 0.3) is 0 Å². The van der Waals surface area contributed by atoms with Crippen LogP contribution in [-0.2, 0) is 42.9 Å². The third-order valence-electron chi connectivity index (χ3n) is 8.61. The predicted octanol–water partition coefficient (Wildman–Crippen LogP) is 3.03. The monoisotopic (exact) mass is 520 g/mol. The van der Waals surface area contributed by atoms with Gasteiger partial charge in [0, 0.05) is 31.4 Å². The van der Waals surface area contributed by atoms with Gasteiger partial charge >= 0.3 is 17.9 Å². The summed E-state index contributed by atoms with van der Waals surface area (Å²) in [7, 11) is 1.54. The molecule has 3 fully saturated rings. The Balaban J connectivity index is 1.60. The van der Waals surface area contributed by atoms with Crippen molar-refractivity contribution in [2.75, 3.05) is 33.5 Å². The van der Waals surface area contributed by atoms with Crippen molar-refractivity contribution in [1.82, 2.24) is 0 Å². The Morgan fingerprint density at radius 2 is 1.95 bits per heavy atom. The molecule has 10 nitrogen and oxygen atoms in total. The molecule has 0 unspecified atom stereocenters. The van der Waals surface area contributed by atoms with Gasteiger partial charge in [0.1, 0.15) is 12.7 Å². The summed E-state index contributed by atoms with van der Waals surface area (Å²) in [4.78, 5) is 51.4. The maximum atomic E-state index is 14.0. The minimum absolute atomic E-state index is 0.0564. The second kappa shape index (κ2) is 10.9. The molecule has 2 aliphatic carbocycles. The molecule has 1 saturated heterocycles. The van der Waals surface area contributed by atoms with Crippen molar-refractivity contribution in [2.45, 2.75) is 58.7 Å². The Labute approximate surface area is 216 Å². The fraction of sp³-hybridized carbons (Fsp3) is 0.704. The van der Waals surface area contributed by atoms with Crippen molar-refractivity contribution >= 4 is 23.7 Å². The molecule has 0 aromatic carbocycles. The molecule has 0 spiro atoms. The number of Topliss-reactive ketones (excluding diaryl/α,β-unsaturated/α-hetero) is 1. The minimum Gasteiger partial charge on any atom is -0.472 e. The highest BCUT2D eigenvalue weighted by atomic mass is 16.6. The Bertz CT molecular complexity index is 1000. The highest BCUT2D eigenvalue weighted by Gasteiger charge is 2.66. The van der Waals surface area contributed by atoms with Gasteiger partial charge in [-0.25, -0.2) is 4.79 Å². The van der Waals surface area contributed by atoms with E-state index in [1.807, 2.05) is 13.8 Å². The van der Waals surface area contributed by atoms with Crippen molar-refractivity contribution in [3.63, 3.8) is 0 Å². The quantitative estimate of drug-likeness (QED) is 0.272. The first-order chi connectivity index (χ1) is 17.6. The number of rotatable bonds is 9. The van der Waals surface area contributed by atoms with Gasteiger partial charge in [0.05, 0.1) is 38.3 Å². The first-order valence-electron chi connectivity index (χ1n) is 12.8. The zero-order valence-electron chi connectivity index (χ0n) is 21.9. The van der Waals surface area contributed by atoms with Gasteiger partial charge in [-0.15, -0.1) is 0 Å². The first kappa shape index (κ1) is 27.3. The number of furan rings is 1. The van der Waals surface area contributed by atoms with Crippen molar-refractivity contribution in [1.29, 1.82) is 0 Å². The lowest BCUT2D eigenvalue weighted by atomic mass is 9.43. The summed E-state index contributed by atoms with van der Waals surface area (Å²) in [6.45, 7) is 5.75. The molecule has 204 valence electrons. The van der Waals surface area contributed by atoms with Crippen LogP contribution in [0.15, 0.2) is 23.0 Å². The van der Waals surface area contributed by atoms with Crippen LogP contribution in [-0.4, -0.2) is 63.3 Å². The maximum absolute atomic E-state index is 14.0. The molecule has 0 N–H and O–H groups in total.